The third kappa shape index (κ3) is 37.7. The second-order valence-electron chi connectivity index (χ2n) is 30.2. The van der Waals surface area contributed by atoms with Gasteiger partial charge in [0.05, 0.1) is 97.0 Å². The monoisotopic (exact) mass is 1740 g/mol. The number of rotatable bonds is 39. The van der Waals surface area contributed by atoms with E-state index in [1.807, 2.05) is 250 Å². The molecule has 0 bridgehead atoms. The highest BCUT2D eigenvalue weighted by molar-refractivity contribution is 6.34. The van der Waals surface area contributed by atoms with E-state index < -0.39 is 0 Å². The topological polar surface area (TPSA) is 153 Å². The number of nitrogens with zero attached hydrogens (tertiary/aromatic N) is 7. The lowest BCUT2D eigenvalue weighted by atomic mass is 10.0. The Morgan fingerprint density at radius 2 is 0.609 bits per heavy atom. The summed E-state index contributed by atoms with van der Waals surface area (Å²) in [7, 11) is 4.94. The molecular formula is C113H119Cl2N7O6. The van der Waals surface area contributed by atoms with Gasteiger partial charge in [0, 0.05) is 37.3 Å². The van der Waals surface area contributed by atoms with Crippen LogP contribution < -0.4 is 28.4 Å². The van der Waals surface area contributed by atoms with Crippen LogP contribution in [-0.2, 0) is 6.42 Å². The normalized spacial score (nSPS) is 11.1. The molecule has 0 saturated carbocycles. The maximum Gasteiger partial charge on any atom is 0.119 e. The molecule has 13 aromatic carbocycles. The molecule has 0 unspecified atom stereocenters. The molecule has 0 spiro atoms. The van der Waals surface area contributed by atoms with Crippen molar-refractivity contribution in [3.05, 3.63) is 381 Å². The van der Waals surface area contributed by atoms with Gasteiger partial charge in [0.2, 0.25) is 0 Å². The number of unbranched alkanes of at least 4 members (excludes halogenated alkanes) is 11. The van der Waals surface area contributed by atoms with Gasteiger partial charge in [-0.3, -0.25) is 30.0 Å². The number of methoxy groups -OCH3 is 3. The summed E-state index contributed by atoms with van der Waals surface area (Å²) in [6, 6.07) is 103. The molecule has 0 aliphatic rings. The van der Waals surface area contributed by atoms with Crippen LogP contribution in [-0.4, -0.2) is 78.4 Å². The average molecular weight is 1740 g/mol. The zero-order valence-electron chi connectivity index (χ0n) is 75.1. The summed E-state index contributed by atoms with van der Waals surface area (Å²) >= 11 is 13.0. The standard InChI is InChI=1S/C28H22Cl2N2O2.C24H33NO.C23H31NO.C22H19NO.C16H14N2O/c1-33-23-9-3-19(4-10-23)17-31-27-13-7-21(15-25(27)29)22-8-14-28(26(30)16-22)32-18-20-5-11-24(34-2)12-6-20;1-3-4-5-6-7-8-9-10-19-26-24-17-13-22(14-18-24)20-25-23-15-11-21(2)12-16-23;1-3-5-7-8-9-20-10-14-22(15-11-20)24-19-21-12-16-23(17-13-21)25-18-6-4-2;1-24-22-15-11-20(12-16-22)17-23-21-13-9-19(10-14-21)8-7-18-5-3-2-4-6-18;1-2-19-16-9-5-14(6-10-16)12-18-15-7-3-13(11-17)4-8-15/h3-18H,1-2H3;11-18,20H,3-10,19H2,1-2H3;10-17,19H,3-9,18H2,1-2H3;2-17H,1H3;3-10,12H,2H2,1H3/b;;;8-7+,23-17?;. The Morgan fingerprint density at radius 1 is 0.297 bits per heavy atom. The molecule has 0 atom stereocenters. The van der Waals surface area contributed by atoms with Gasteiger partial charge < -0.3 is 28.4 Å². The SMILES string of the molecule is CCCCCCCCCCOc1ccc(C=Nc2ccc(C)cc2)cc1.CCCCCCc1ccc(N=Cc2ccc(OCCCC)cc2)cc1.CCOc1ccc(C=Nc2ccc(C#N)cc2)cc1.COc1ccc(C=Nc2ccc(-c3ccc(N=Cc4ccc(OC)cc4)c(Cl)c3)cc2Cl)cc1.COc1ccc(C=Nc2ccc(/C=C/c3ccccc3)cc2)cc1. The molecule has 128 heavy (non-hydrogen) atoms. The van der Waals surface area contributed by atoms with Crippen LogP contribution in [0.1, 0.15) is 179 Å². The van der Waals surface area contributed by atoms with E-state index in [1.54, 1.807) is 52.1 Å². The molecule has 13 rings (SSSR count). The van der Waals surface area contributed by atoms with Crippen LogP contribution in [0.25, 0.3) is 23.3 Å². The lowest BCUT2D eigenvalue weighted by Crippen LogP contribution is -1.97. The van der Waals surface area contributed by atoms with E-state index in [9.17, 15) is 0 Å². The van der Waals surface area contributed by atoms with E-state index in [1.165, 1.54) is 93.7 Å². The van der Waals surface area contributed by atoms with E-state index >= 15 is 0 Å². The van der Waals surface area contributed by atoms with Crippen molar-refractivity contribution in [1.82, 2.24) is 0 Å². The summed E-state index contributed by atoms with van der Waals surface area (Å²) in [5.74, 6) is 5.18. The molecule has 0 aliphatic carbocycles. The summed E-state index contributed by atoms with van der Waals surface area (Å²) in [4.78, 5) is 26.9. The van der Waals surface area contributed by atoms with Crippen LogP contribution in [0, 0.1) is 18.3 Å². The summed E-state index contributed by atoms with van der Waals surface area (Å²) in [5.41, 5.74) is 18.8. The highest BCUT2D eigenvalue weighted by Gasteiger charge is 2.09. The van der Waals surface area contributed by atoms with Crippen molar-refractivity contribution in [2.24, 2.45) is 30.0 Å². The molecule has 0 saturated heterocycles. The van der Waals surface area contributed by atoms with E-state index in [2.05, 4.69) is 149 Å². The van der Waals surface area contributed by atoms with Crippen molar-refractivity contribution >= 4 is 107 Å². The number of aryl methyl sites for hydroxylation is 2. The van der Waals surface area contributed by atoms with E-state index in [0.29, 0.717) is 33.6 Å². The molecule has 0 fully saturated rings. The molecule has 15 heteroatoms. The Balaban J connectivity index is 0.000000183. The smallest absolute Gasteiger partial charge is 0.119 e. The second kappa shape index (κ2) is 57.9. The molecule has 0 radical (unpaired) electrons. The number of ether oxygens (including phenoxy) is 6. The first-order chi connectivity index (χ1) is 62.8. The van der Waals surface area contributed by atoms with Crippen molar-refractivity contribution in [1.29, 1.82) is 5.26 Å². The largest absolute Gasteiger partial charge is 0.497 e. The number of benzene rings is 13. The Hall–Kier alpha value is -13.5. The van der Waals surface area contributed by atoms with Gasteiger partial charge in [-0.1, -0.05) is 211 Å². The maximum atomic E-state index is 8.71. The number of halogens is 2. The summed E-state index contributed by atoms with van der Waals surface area (Å²) in [6.07, 6.45) is 34.5. The second-order valence-corrected chi connectivity index (χ2v) is 31.0. The maximum absolute atomic E-state index is 8.71. The first kappa shape index (κ1) is 98.3. The molecule has 0 aliphatic heterocycles. The van der Waals surface area contributed by atoms with Crippen LogP contribution in [0.2, 0.25) is 10.0 Å². The van der Waals surface area contributed by atoms with E-state index in [0.717, 1.165) is 140 Å². The Labute approximate surface area is 769 Å². The molecule has 0 N–H and O–H groups in total. The number of hydrogen-bond acceptors (Lipinski definition) is 13. The minimum absolute atomic E-state index is 0.556. The lowest BCUT2D eigenvalue weighted by Gasteiger charge is -2.07. The average Bonchev–Trinajstić information content (AvgIpc) is 0.819. The summed E-state index contributed by atoms with van der Waals surface area (Å²) in [5, 5.41) is 9.82. The first-order valence-electron chi connectivity index (χ1n) is 44.2. The molecule has 0 amide bonds. The predicted molar refractivity (Wildman–Crippen MR) is 542 cm³/mol. The fourth-order valence-electron chi connectivity index (χ4n) is 12.6. The molecule has 13 nitrogen and oxygen atoms in total. The highest BCUT2D eigenvalue weighted by atomic mass is 35.5. The van der Waals surface area contributed by atoms with Crippen molar-refractivity contribution in [3.8, 4) is 51.7 Å². The number of aliphatic imine (C=N–C) groups is 6. The van der Waals surface area contributed by atoms with Crippen LogP contribution in [0.5, 0.6) is 34.5 Å². The van der Waals surface area contributed by atoms with Crippen LogP contribution in [0.15, 0.2) is 339 Å². The molecule has 656 valence electrons. The van der Waals surface area contributed by atoms with Gasteiger partial charge in [0.15, 0.2) is 0 Å². The number of hydrogen-bond donors (Lipinski definition) is 0. The van der Waals surface area contributed by atoms with Crippen molar-refractivity contribution < 1.29 is 28.4 Å². The number of nitriles is 1. The molecule has 13 aromatic rings. The van der Waals surface area contributed by atoms with Crippen molar-refractivity contribution in [2.75, 3.05) is 41.2 Å². The van der Waals surface area contributed by atoms with Gasteiger partial charge in [-0.15, -0.1) is 0 Å². The van der Waals surface area contributed by atoms with Gasteiger partial charge in [-0.2, -0.15) is 5.26 Å². The van der Waals surface area contributed by atoms with Gasteiger partial charge >= 0.3 is 0 Å². The fourth-order valence-corrected chi connectivity index (χ4v) is 13.1. The quantitative estimate of drug-likeness (QED) is 0.0211. The van der Waals surface area contributed by atoms with Crippen LogP contribution >= 0.6 is 23.2 Å². The Morgan fingerprint density at radius 3 is 0.977 bits per heavy atom. The van der Waals surface area contributed by atoms with Crippen molar-refractivity contribution in [3.63, 3.8) is 0 Å². The van der Waals surface area contributed by atoms with E-state index in [-0.39, 0.29) is 0 Å². The lowest BCUT2D eigenvalue weighted by molar-refractivity contribution is 0.304. The first-order valence-corrected chi connectivity index (χ1v) is 45.0. The van der Waals surface area contributed by atoms with Gasteiger partial charge in [-0.25, -0.2) is 0 Å². The zero-order valence-corrected chi connectivity index (χ0v) is 76.6. The minimum atomic E-state index is 0.556. The zero-order chi connectivity index (χ0) is 90.2. The fraction of sp³-hybridized carbons (Fsp3) is 0.230. The van der Waals surface area contributed by atoms with Gasteiger partial charge in [-0.05, 0) is 331 Å². The molecule has 0 aromatic heterocycles. The molecular weight excluding hydrogens is 1620 g/mol. The van der Waals surface area contributed by atoms with Crippen molar-refractivity contribution in [2.45, 2.75) is 131 Å². The summed E-state index contributed by atoms with van der Waals surface area (Å²) < 4.78 is 32.4. The minimum Gasteiger partial charge on any atom is -0.497 e. The molecule has 0 heterocycles. The van der Waals surface area contributed by atoms with Crippen LogP contribution in [0.4, 0.5) is 34.1 Å². The van der Waals surface area contributed by atoms with Gasteiger partial charge in [0.1, 0.15) is 34.5 Å². The predicted octanol–water partition coefficient (Wildman–Crippen LogP) is 31.5. The third-order valence-electron chi connectivity index (χ3n) is 20.2. The Kier molecular flexibility index (Phi) is 44.5. The summed E-state index contributed by atoms with van der Waals surface area (Å²) in [6.45, 7) is 13.0. The van der Waals surface area contributed by atoms with E-state index in [4.69, 9.17) is 56.9 Å². The Bertz CT molecular complexity index is 5480. The van der Waals surface area contributed by atoms with Gasteiger partial charge in [0.25, 0.3) is 0 Å². The van der Waals surface area contributed by atoms with Crippen LogP contribution in [0.3, 0.4) is 0 Å². The third-order valence-corrected chi connectivity index (χ3v) is 20.8. The highest BCUT2D eigenvalue weighted by Crippen LogP contribution is 2.35.